The van der Waals surface area contributed by atoms with E-state index >= 15 is 0 Å². The maximum absolute atomic E-state index is 9.54. The lowest BCUT2D eigenvalue weighted by Gasteiger charge is -2.06. The molecule has 4 nitrogen and oxygen atoms in total. The first-order valence-electron chi connectivity index (χ1n) is 7.51. The number of hydrogen-bond donors (Lipinski definition) is 0. The molecule has 0 unspecified atom stereocenters. The molecule has 1 aromatic carbocycles. The molecule has 118 valence electrons. The summed E-state index contributed by atoms with van der Waals surface area (Å²) in [6.07, 6.45) is 5.28. The van der Waals surface area contributed by atoms with Crippen LogP contribution in [0.25, 0.3) is 22.9 Å². The predicted octanol–water partition coefficient (Wildman–Crippen LogP) is 4.67. The molecule has 0 fully saturated rings. The van der Waals surface area contributed by atoms with Crippen LogP contribution in [0.5, 0.6) is 5.75 Å². The second kappa shape index (κ2) is 7.53. The Morgan fingerprint density at radius 1 is 1.25 bits per heavy atom. The molecule has 2 heterocycles. The molecule has 24 heavy (non-hydrogen) atoms. The molecule has 0 radical (unpaired) electrons. The molecule has 0 aliphatic heterocycles. The molecule has 0 saturated carbocycles. The lowest BCUT2D eigenvalue weighted by Crippen LogP contribution is -1.93. The van der Waals surface area contributed by atoms with Crippen LogP contribution in [0.2, 0.25) is 0 Å². The third-order valence-electron chi connectivity index (χ3n) is 3.35. The summed E-state index contributed by atoms with van der Waals surface area (Å²) in [6.45, 7) is 2.52. The molecule has 0 saturated heterocycles. The quantitative estimate of drug-likeness (QED) is 0.637. The summed E-state index contributed by atoms with van der Waals surface area (Å²) in [4.78, 5) is 8.59. The number of ether oxygens (including phenoxy) is 1. The van der Waals surface area contributed by atoms with Crippen molar-refractivity contribution >= 4 is 23.0 Å². The van der Waals surface area contributed by atoms with Gasteiger partial charge in [-0.2, -0.15) is 5.26 Å². The molecule has 0 bridgehead atoms. The molecule has 5 heteroatoms. The average Bonchev–Trinajstić information content (AvgIpc) is 3.12. The van der Waals surface area contributed by atoms with Crippen molar-refractivity contribution in [3.05, 3.63) is 64.7 Å². The second-order valence-corrected chi connectivity index (χ2v) is 5.77. The number of rotatable bonds is 5. The fourth-order valence-electron chi connectivity index (χ4n) is 2.24. The van der Waals surface area contributed by atoms with Gasteiger partial charge in [0.2, 0.25) is 0 Å². The molecule has 0 amide bonds. The van der Waals surface area contributed by atoms with Crippen molar-refractivity contribution in [2.24, 2.45) is 0 Å². The lowest BCUT2D eigenvalue weighted by molar-refractivity contribution is 0.339. The first-order valence-corrected chi connectivity index (χ1v) is 8.39. The highest BCUT2D eigenvalue weighted by Gasteiger charge is 2.10. The number of pyridine rings is 1. The number of hydrogen-bond acceptors (Lipinski definition) is 5. The van der Waals surface area contributed by atoms with Gasteiger partial charge < -0.3 is 4.74 Å². The second-order valence-electron chi connectivity index (χ2n) is 4.91. The van der Waals surface area contributed by atoms with Crippen molar-refractivity contribution in [2.75, 3.05) is 6.61 Å². The molecule has 0 spiro atoms. The number of benzene rings is 1. The number of para-hydroxylation sites is 1. The molecule has 3 rings (SSSR count). The fraction of sp³-hybridized carbons (Fsp3) is 0.105. The van der Waals surface area contributed by atoms with Crippen molar-refractivity contribution in [2.45, 2.75) is 6.92 Å². The van der Waals surface area contributed by atoms with E-state index in [-0.39, 0.29) is 0 Å². The van der Waals surface area contributed by atoms with Crippen LogP contribution < -0.4 is 4.74 Å². The van der Waals surface area contributed by atoms with Gasteiger partial charge in [0.05, 0.1) is 17.9 Å². The van der Waals surface area contributed by atoms with E-state index in [0.717, 1.165) is 22.6 Å². The zero-order valence-electron chi connectivity index (χ0n) is 13.1. The van der Waals surface area contributed by atoms with Crippen molar-refractivity contribution in [3.8, 4) is 23.1 Å². The van der Waals surface area contributed by atoms with Gasteiger partial charge in [0.25, 0.3) is 0 Å². The topological polar surface area (TPSA) is 58.8 Å². The Labute approximate surface area is 144 Å². The number of aromatic nitrogens is 2. The highest BCUT2D eigenvalue weighted by atomic mass is 32.1. The van der Waals surface area contributed by atoms with Gasteiger partial charge in [-0.15, -0.1) is 11.3 Å². The van der Waals surface area contributed by atoms with E-state index in [1.807, 2.05) is 54.8 Å². The minimum atomic E-state index is 0.521. The Balaban J connectivity index is 1.96. The monoisotopic (exact) mass is 333 g/mol. The standard InChI is InChI=1S/C19H15N3OS/c1-2-23-18-6-4-3-5-15(18)11-16(12-20)19-22-17(13-24-19)14-7-9-21-10-8-14/h3-11,13H,2H2,1H3/b16-11-. The Morgan fingerprint density at radius 3 is 2.79 bits per heavy atom. The van der Waals surface area contributed by atoms with Gasteiger partial charge in [-0.1, -0.05) is 18.2 Å². The number of nitriles is 1. The van der Waals surface area contributed by atoms with Crippen molar-refractivity contribution in [1.82, 2.24) is 9.97 Å². The summed E-state index contributed by atoms with van der Waals surface area (Å²) in [5, 5.41) is 12.2. The Bertz CT molecular complexity index is 894. The largest absolute Gasteiger partial charge is 0.493 e. The van der Waals surface area contributed by atoms with E-state index in [1.54, 1.807) is 12.4 Å². The number of allylic oxidation sites excluding steroid dienone is 1. The summed E-state index contributed by atoms with van der Waals surface area (Å²) >= 11 is 1.45. The molecule has 0 N–H and O–H groups in total. The first-order chi connectivity index (χ1) is 11.8. The van der Waals surface area contributed by atoms with Crippen LogP contribution in [-0.2, 0) is 0 Å². The van der Waals surface area contributed by atoms with Gasteiger partial charge in [0.15, 0.2) is 0 Å². The average molecular weight is 333 g/mol. The highest BCUT2D eigenvalue weighted by molar-refractivity contribution is 7.11. The minimum Gasteiger partial charge on any atom is -0.493 e. The van der Waals surface area contributed by atoms with E-state index < -0.39 is 0 Å². The SMILES string of the molecule is CCOc1ccccc1/C=C(/C#N)c1nc(-c2ccncc2)cs1. The van der Waals surface area contributed by atoms with E-state index in [9.17, 15) is 5.26 Å². The molecular weight excluding hydrogens is 318 g/mol. The summed E-state index contributed by atoms with van der Waals surface area (Å²) in [5.74, 6) is 0.763. The van der Waals surface area contributed by atoms with Gasteiger partial charge in [-0.05, 0) is 31.2 Å². The Morgan fingerprint density at radius 2 is 2.04 bits per heavy atom. The van der Waals surface area contributed by atoms with Crippen LogP contribution >= 0.6 is 11.3 Å². The normalized spacial score (nSPS) is 11.1. The van der Waals surface area contributed by atoms with Crippen LogP contribution in [-0.4, -0.2) is 16.6 Å². The van der Waals surface area contributed by atoms with Gasteiger partial charge in [0, 0.05) is 28.9 Å². The molecule has 3 aromatic rings. The predicted molar refractivity (Wildman–Crippen MR) is 96.4 cm³/mol. The van der Waals surface area contributed by atoms with Crippen molar-refractivity contribution in [3.63, 3.8) is 0 Å². The first kappa shape index (κ1) is 15.9. The van der Waals surface area contributed by atoms with Crippen LogP contribution in [0, 0.1) is 11.3 Å². The summed E-state index contributed by atoms with van der Waals surface area (Å²) < 4.78 is 5.61. The molecule has 0 aliphatic carbocycles. The zero-order chi connectivity index (χ0) is 16.8. The van der Waals surface area contributed by atoms with E-state index in [2.05, 4.69) is 16.0 Å². The smallest absolute Gasteiger partial charge is 0.134 e. The summed E-state index contributed by atoms with van der Waals surface area (Å²) in [5.41, 5.74) is 3.22. The van der Waals surface area contributed by atoms with E-state index in [4.69, 9.17) is 4.74 Å². The van der Waals surface area contributed by atoms with Gasteiger partial charge in [0.1, 0.15) is 16.8 Å². The molecule has 2 aromatic heterocycles. The van der Waals surface area contributed by atoms with Crippen LogP contribution in [0.3, 0.4) is 0 Å². The minimum absolute atomic E-state index is 0.521. The lowest BCUT2D eigenvalue weighted by atomic mass is 10.1. The van der Waals surface area contributed by atoms with Crippen molar-refractivity contribution < 1.29 is 4.74 Å². The molecule has 0 aliphatic rings. The number of nitrogens with zero attached hydrogens (tertiary/aromatic N) is 3. The fourth-order valence-corrected chi connectivity index (χ4v) is 3.03. The van der Waals surface area contributed by atoms with Crippen molar-refractivity contribution in [1.29, 1.82) is 5.26 Å². The molecular formula is C19H15N3OS. The van der Waals surface area contributed by atoms with Crippen LogP contribution in [0.4, 0.5) is 0 Å². The van der Waals surface area contributed by atoms with Gasteiger partial charge in [-0.25, -0.2) is 4.98 Å². The zero-order valence-corrected chi connectivity index (χ0v) is 14.0. The molecule has 0 atom stereocenters. The van der Waals surface area contributed by atoms with Crippen LogP contribution in [0.1, 0.15) is 17.5 Å². The maximum Gasteiger partial charge on any atom is 0.134 e. The number of thiazole rings is 1. The Hall–Kier alpha value is -2.97. The highest BCUT2D eigenvalue weighted by Crippen LogP contribution is 2.29. The maximum atomic E-state index is 9.54. The summed E-state index contributed by atoms with van der Waals surface area (Å²) in [6, 6.07) is 13.7. The Kier molecular flexibility index (Phi) is 4.99. The van der Waals surface area contributed by atoms with Crippen LogP contribution in [0.15, 0.2) is 54.2 Å². The van der Waals surface area contributed by atoms with Gasteiger partial charge >= 0.3 is 0 Å². The third-order valence-corrected chi connectivity index (χ3v) is 4.23. The van der Waals surface area contributed by atoms with E-state index in [0.29, 0.717) is 17.2 Å². The summed E-state index contributed by atoms with van der Waals surface area (Å²) in [7, 11) is 0. The van der Waals surface area contributed by atoms with Gasteiger partial charge in [-0.3, -0.25) is 4.98 Å². The third kappa shape index (κ3) is 3.50. The van der Waals surface area contributed by atoms with E-state index in [1.165, 1.54) is 11.3 Å².